The Kier molecular flexibility index (Phi) is 29.5. The molecule has 0 saturated carbocycles. The Morgan fingerprint density at radius 3 is 2.09 bits per heavy atom. The Morgan fingerprint density at radius 1 is 0.789 bits per heavy atom. The number of rotatable bonds is 37. The van der Waals surface area contributed by atoms with Gasteiger partial charge in [-0.3, -0.25) is 38.4 Å². The highest BCUT2D eigenvalue weighted by atomic mass is 16.6. The molecule has 11 amide bonds. The maximum atomic E-state index is 14.7. The van der Waals surface area contributed by atoms with Crippen LogP contribution in [-0.4, -0.2) is 189 Å². The second kappa shape index (κ2) is 36.3. The standard InChI is InChI=1S/C65H99N11O14/c1-11-43(6)56(50(87-9)37-53(79)76-36-19-24-49(76)57(88-10)44(7)58(80)67-33-31-45-21-14-12-15-22-45)74(8)61(83)55(42(4)5)72-62(84)65(39-89-40-65)73-64(86)90-38-46-27-29-47(30-28-46)69-59(81)48(23-18-32-68-63(66)85)70-60(82)54(41(2)3)71-51(77)25-16-13-17-34-75-35-20-26-52(75)78/h12,14-15,20-22,26-30,41-44,48-50,54-57H,11,13,16-19,23-25,31-40H2,1-10H3,(H,67,80)(H,69,81)(H,70,82)(H,71,77)(H,72,84)(H,73,86)(H3,66,68,85). The van der Waals surface area contributed by atoms with Crippen LogP contribution >= 0.6 is 0 Å². The number of methoxy groups -OCH3 is 2. The molecule has 9 atom stereocenters. The average molecular weight is 1260 g/mol. The van der Waals surface area contributed by atoms with Gasteiger partial charge in [0.25, 0.3) is 5.91 Å². The van der Waals surface area contributed by atoms with E-state index in [1.54, 1.807) is 86.9 Å². The maximum Gasteiger partial charge on any atom is 0.408 e. The molecule has 3 aliphatic rings. The number of urea groups is 1. The largest absolute Gasteiger partial charge is 0.445 e. The number of nitrogens with two attached hydrogens (primary N) is 1. The number of carbonyl (C=O) groups is 10. The van der Waals surface area contributed by atoms with Crippen molar-refractivity contribution in [2.45, 2.75) is 174 Å². The molecule has 0 aliphatic carbocycles. The van der Waals surface area contributed by atoms with Crippen molar-refractivity contribution in [2.24, 2.45) is 29.4 Å². The van der Waals surface area contributed by atoms with E-state index >= 15 is 0 Å². The van der Waals surface area contributed by atoms with Crippen molar-refractivity contribution in [3.8, 4) is 0 Å². The summed E-state index contributed by atoms with van der Waals surface area (Å²) < 4.78 is 23.0. The Morgan fingerprint density at radius 2 is 1.49 bits per heavy atom. The highest BCUT2D eigenvalue weighted by Gasteiger charge is 2.50. The SMILES string of the molecule is CCC(C)C(C(CC(=O)N1CCCC1C(OC)C(C)C(=O)NCCc1ccccc1)OC)N(C)C(=O)C(NC(=O)C1(NC(=O)OCc2ccc(NC(=O)C(CCCNC(N)=O)NC(=O)C(NC(=O)CCCCCN3CC=CC3=O)C(C)C)cc2)COC1)C(C)C. The molecule has 3 heterocycles. The molecule has 0 bridgehead atoms. The van der Waals surface area contributed by atoms with Crippen molar-refractivity contribution in [3.63, 3.8) is 0 Å². The normalized spacial score (nSPS) is 17.8. The summed E-state index contributed by atoms with van der Waals surface area (Å²) in [6.07, 6.45) is 6.31. The Bertz CT molecular complexity index is 2750. The van der Waals surface area contributed by atoms with Gasteiger partial charge in [-0.1, -0.05) is 110 Å². The van der Waals surface area contributed by atoms with E-state index in [1.165, 1.54) is 7.11 Å². The number of nitrogens with one attached hydrogen (secondary N) is 7. The minimum Gasteiger partial charge on any atom is -0.445 e. The number of unbranched alkanes of at least 4 members (excludes halogenated alkanes) is 2. The minimum absolute atomic E-state index is 0.0220. The van der Waals surface area contributed by atoms with Gasteiger partial charge < -0.3 is 76.6 Å². The molecular formula is C65H99N11O14. The van der Waals surface area contributed by atoms with E-state index in [9.17, 15) is 47.9 Å². The second-order valence-corrected chi connectivity index (χ2v) is 24.6. The van der Waals surface area contributed by atoms with Crippen molar-refractivity contribution in [2.75, 3.05) is 72.5 Å². The molecule has 498 valence electrons. The third-order valence-electron chi connectivity index (χ3n) is 17.2. The van der Waals surface area contributed by atoms with Crippen molar-refractivity contribution >= 4 is 65.1 Å². The number of alkyl carbamates (subject to hydrolysis) is 1. The fourth-order valence-corrected chi connectivity index (χ4v) is 11.6. The molecule has 2 aromatic carbocycles. The quantitative estimate of drug-likeness (QED) is 0.0443. The molecular weight excluding hydrogens is 1160 g/mol. The lowest BCUT2D eigenvalue weighted by Gasteiger charge is -2.43. The molecule has 25 nitrogen and oxygen atoms in total. The van der Waals surface area contributed by atoms with Crippen LogP contribution in [0.25, 0.3) is 0 Å². The number of nitrogens with zero attached hydrogens (tertiary/aromatic N) is 3. The zero-order valence-electron chi connectivity index (χ0n) is 54.3. The lowest BCUT2D eigenvalue weighted by atomic mass is 9.89. The first-order chi connectivity index (χ1) is 42.9. The van der Waals surface area contributed by atoms with Gasteiger partial charge in [0.15, 0.2) is 5.54 Å². The van der Waals surface area contributed by atoms with Gasteiger partial charge in [-0.15, -0.1) is 0 Å². The summed E-state index contributed by atoms with van der Waals surface area (Å²) in [7, 11) is 4.70. The first-order valence-electron chi connectivity index (χ1n) is 31.7. The lowest BCUT2D eigenvalue weighted by Crippen LogP contribution is -2.72. The van der Waals surface area contributed by atoms with Gasteiger partial charge in [0.05, 0.1) is 49.8 Å². The Hall–Kier alpha value is -7.64. The molecule has 5 rings (SSSR count). The molecule has 0 radical (unpaired) electrons. The van der Waals surface area contributed by atoms with Gasteiger partial charge in [0.1, 0.15) is 24.7 Å². The fourth-order valence-electron chi connectivity index (χ4n) is 11.6. The number of amides is 11. The molecule has 25 heteroatoms. The first kappa shape index (κ1) is 73.1. The predicted molar refractivity (Wildman–Crippen MR) is 338 cm³/mol. The average Bonchev–Trinajstić information content (AvgIpc) is 0.963. The van der Waals surface area contributed by atoms with E-state index in [0.717, 1.165) is 18.4 Å². The Labute approximate surface area is 530 Å². The lowest BCUT2D eigenvalue weighted by molar-refractivity contribution is -0.153. The van der Waals surface area contributed by atoms with Crippen molar-refractivity contribution in [1.82, 2.24) is 46.6 Å². The number of hydrogen-bond acceptors (Lipinski definition) is 14. The van der Waals surface area contributed by atoms with Gasteiger partial charge in [-0.05, 0) is 86.0 Å². The highest BCUT2D eigenvalue weighted by Crippen LogP contribution is 2.30. The van der Waals surface area contributed by atoms with Crippen LogP contribution in [0.1, 0.15) is 124 Å². The number of anilines is 1. The van der Waals surface area contributed by atoms with Crippen molar-refractivity contribution < 1.29 is 66.9 Å². The number of ether oxygens (including phenoxy) is 4. The minimum atomic E-state index is -1.57. The van der Waals surface area contributed by atoms with Crippen molar-refractivity contribution in [1.29, 1.82) is 0 Å². The zero-order chi connectivity index (χ0) is 66.1. The number of likely N-dealkylation sites (tertiary alicyclic amines) is 1. The fraction of sp³-hybridized carbons (Fsp3) is 0.631. The number of primary amides is 1. The first-order valence-corrected chi connectivity index (χ1v) is 31.7. The molecule has 9 unspecified atom stereocenters. The van der Waals surface area contributed by atoms with Crippen LogP contribution in [0, 0.1) is 23.7 Å². The summed E-state index contributed by atoms with van der Waals surface area (Å²) in [4.78, 5) is 139. The van der Waals surface area contributed by atoms with Crippen molar-refractivity contribution in [3.05, 3.63) is 77.9 Å². The third-order valence-corrected chi connectivity index (χ3v) is 17.2. The van der Waals surface area contributed by atoms with Crippen LogP contribution in [0.4, 0.5) is 15.3 Å². The summed E-state index contributed by atoms with van der Waals surface area (Å²) in [5.74, 6) is -4.38. The summed E-state index contributed by atoms with van der Waals surface area (Å²) in [5, 5.41) is 19.4. The third kappa shape index (κ3) is 21.5. The molecule has 2 aromatic rings. The molecule has 9 N–H and O–H groups in total. The van der Waals surface area contributed by atoms with Gasteiger partial charge in [0.2, 0.25) is 41.4 Å². The number of likely N-dealkylation sites (N-methyl/N-ethyl adjacent to an activating group) is 1. The molecule has 90 heavy (non-hydrogen) atoms. The van der Waals surface area contributed by atoms with Gasteiger partial charge in [-0.25, -0.2) is 9.59 Å². The molecule has 2 fully saturated rings. The van der Waals surface area contributed by atoms with E-state index in [-0.39, 0.29) is 93.6 Å². The summed E-state index contributed by atoms with van der Waals surface area (Å²) >= 11 is 0. The topological polar surface area (TPSA) is 328 Å². The van der Waals surface area contributed by atoms with E-state index in [1.807, 2.05) is 57.2 Å². The molecule has 2 saturated heterocycles. The predicted octanol–water partition coefficient (Wildman–Crippen LogP) is 4.07. The summed E-state index contributed by atoms with van der Waals surface area (Å²) in [6, 6.07) is 11.4. The molecule has 3 aliphatic heterocycles. The van der Waals surface area contributed by atoms with E-state index in [0.29, 0.717) is 69.5 Å². The van der Waals surface area contributed by atoms with E-state index < -0.39 is 89.5 Å². The van der Waals surface area contributed by atoms with E-state index in [4.69, 9.17) is 24.7 Å². The number of hydrogen-bond donors (Lipinski definition) is 8. The molecule has 0 spiro atoms. The van der Waals surface area contributed by atoms with Crippen LogP contribution in [0.15, 0.2) is 66.7 Å². The van der Waals surface area contributed by atoms with Crippen LogP contribution < -0.4 is 43.0 Å². The Balaban J connectivity index is 1.15. The smallest absolute Gasteiger partial charge is 0.408 e. The van der Waals surface area contributed by atoms with Gasteiger partial charge in [-0.2, -0.15) is 0 Å². The maximum absolute atomic E-state index is 14.7. The highest BCUT2D eigenvalue weighted by molar-refractivity contribution is 5.99. The van der Waals surface area contributed by atoms with Crippen LogP contribution in [0.5, 0.6) is 0 Å². The van der Waals surface area contributed by atoms with Gasteiger partial charge >= 0.3 is 12.1 Å². The molecule has 0 aromatic heterocycles. The van der Waals surface area contributed by atoms with E-state index in [2.05, 4.69) is 37.2 Å². The summed E-state index contributed by atoms with van der Waals surface area (Å²) in [6.45, 7) is 14.5. The summed E-state index contributed by atoms with van der Waals surface area (Å²) in [5.41, 5.74) is 5.65. The zero-order valence-corrected chi connectivity index (χ0v) is 54.3. The van der Waals surface area contributed by atoms with Crippen LogP contribution in [0.3, 0.4) is 0 Å². The second-order valence-electron chi connectivity index (χ2n) is 24.6. The monoisotopic (exact) mass is 1260 g/mol. The number of carbonyl (C=O) groups excluding carboxylic acids is 10. The van der Waals surface area contributed by atoms with Crippen LogP contribution in [0.2, 0.25) is 0 Å². The van der Waals surface area contributed by atoms with Crippen LogP contribution in [-0.2, 0) is 70.3 Å². The number of benzene rings is 2. The van der Waals surface area contributed by atoms with Gasteiger partial charge in [0, 0.05) is 72.2 Å².